The van der Waals surface area contributed by atoms with Crippen LogP contribution < -0.4 is 0 Å². The van der Waals surface area contributed by atoms with E-state index in [9.17, 15) is 0 Å². The fourth-order valence-corrected chi connectivity index (χ4v) is 2.39. The molecule has 2 rings (SSSR count). The zero-order valence-corrected chi connectivity index (χ0v) is 13.0. The molecular formula is C15H25NS. The topological polar surface area (TPSA) is 12.9 Å². The summed E-state index contributed by atoms with van der Waals surface area (Å²) in [4.78, 5) is 4.59. The summed E-state index contributed by atoms with van der Waals surface area (Å²) in [5, 5.41) is 1.24. The van der Waals surface area contributed by atoms with Gasteiger partial charge >= 0.3 is 0 Å². The van der Waals surface area contributed by atoms with E-state index in [0.29, 0.717) is 5.92 Å². The Hall–Kier alpha value is -0.890. The molecule has 0 saturated carbocycles. The summed E-state index contributed by atoms with van der Waals surface area (Å²) in [6, 6.07) is 6.30. The lowest BCUT2D eigenvalue weighted by Crippen LogP contribution is -1.82. The van der Waals surface area contributed by atoms with E-state index in [4.69, 9.17) is 0 Å². The number of hydrogen-bond acceptors (Lipinski definition) is 2. The van der Waals surface area contributed by atoms with Gasteiger partial charge in [0.05, 0.1) is 15.2 Å². The average molecular weight is 251 g/mol. The summed E-state index contributed by atoms with van der Waals surface area (Å²) in [6.07, 6.45) is 0. The fraction of sp³-hybridized carbons (Fsp3) is 0.533. The van der Waals surface area contributed by atoms with E-state index in [2.05, 4.69) is 44.0 Å². The van der Waals surface area contributed by atoms with Gasteiger partial charge in [0.15, 0.2) is 0 Å². The maximum Gasteiger partial charge on any atom is 0.0964 e. The van der Waals surface area contributed by atoms with Crippen LogP contribution in [0.4, 0.5) is 0 Å². The first kappa shape index (κ1) is 16.1. The molecule has 0 aliphatic rings. The van der Waals surface area contributed by atoms with Crippen LogP contribution in [0.15, 0.2) is 18.2 Å². The van der Waals surface area contributed by atoms with Crippen molar-refractivity contribution >= 4 is 21.6 Å². The average Bonchev–Trinajstić information content (AvgIpc) is 2.80. The van der Waals surface area contributed by atoms with E-state index in [1.165, 1.54) is 15.3 Å². The van der Waals surface area contributed by atoms with Gasteiger partial charge in [0.2, 0.25) is 0 Å². The van der Waals surface area contributed by atoms with E-state index in [1.807, 2.05) is 39.0 Å². The number of fused-ring (bicyclic) bond motifs is 1. The first-order chi connectivity index (χ1) is 8.18. The van der Waals surface area contributed by atoms with Crippen molar-refractivity contribution in [3.8, 4) is 0 Å². The lowest BCUT2D eigenvalue weighted by Gasteiger charge is -1.94. The maximum absolute atomic E-state index is 4.59. The molecule has 0 unspecified atom stereocenters. The van der Waals surface area contributed by atoms with Gasteiger partial charge in [0.25, 0.3) is 0 Å². The Kier molecular flexibility index (Phi) is 7.81. The van der Waals surface area contributed by atoms with Crippen molar-refractivity contribution in [1.29, 1.82) is 0 Å². The zero-order valence-electron chi connectivity index (χ0n) is 12.2. The van der Waals surface area contributed by atoms with Crippen molar-refractivity contribution in [3.63, 3.8) is 0 Å². The molecular weight excluding hydrogens is 226 g/mol. The Bertz CT molecular complexity index is 429. The van der Waals surface area contributed by atoms with Crippen LogP contribution in [-0.2, 0) is 0 Å². The number of aromatic nitrogens is 1. The summed E-state index contributed by atoms with van der Waals surface area (Å²) in [7, 11) is 0. The first-order valence-electron chi connectivity index (χ1n) is 6.54. The zero-order chi connectivity index (χ0) is 13.4. The number of benzene rings is 1. The molecule has 2 aromatic rings. The number of thiazole rings is 1. The molecule has 1 aromatic heterocycles. The van der Waals surface area contributed by atoms with E-state index in [1.54, 1.807) is 0 Å². The summed E-state index contributed by atoms with van der Waals surface area (Å²) in [6.45, 7) is 14.5. The number of aryl methyl sites for hydroxylation is 1. The van der Waals surface area contributed by atoms with Gasteiger partial charge in [-0.2, -0.15) is 0 Å². The van der Waals surface area contributed by atoms with Gasteiger partial charge in [0, 0.05) is 5.92 Å². The minimum Gasteiger partial charge on any atom is -0.241 e. The van der Waals surface area contributed by atoms with E-state index >= 15 is 0 Å². The first-order valence-corrected chi connectivity index (χ1v) is 7.36. The SMILES string of the molecule is CC.CC.Cc1cccc2nc(C(C)C)sc12. The predicted molar refractivity (Wildman–Crippen MR) is 81.1 cm³/mol. The van der Waals surface area contributed by atoms with Crippen LogP contribution in [0.1, 0.15) is 58.0 Å². The number of nitrogens with zero attached hydrogens (tertiary/aromatic N) is 1. The summed E-state index contributed by atoms with van der Waals surface area (Å²) >= 11 is 1.82. The number of rotatable bonds is 1. The highest BCUT2D eigenvalue weighted by Crippen LogP contribution is 2.29. The number of hydrogen-bond donors (Lipinski definition) is 0. The molecule has 96 valence electrons. The Morgan fingerprint density at radius 3 is 2.12 bits per heavy atom. The third-order valence-corrected chi connectivity index (χ3v) is 3.63. The van der Waals surface area contributed by atoms with Crippen LogP contribution in [-0.4, -0.2) is 4.98 Å². The standard InChI is InChI=1S/C11H13NS.2C2H6/c1-7(2)11-12-9-6-4-5-8(3)10(9)13-11;2*1-2/h4-7H,1-3H3;2*1-2H3. The van der Waals surface area contributed by atoms with Crippen LogP contribution in [0.25, 0.3) is 10.2 Å². The molecule has 0 bridgehead atoms. The molecule has 0 spiro atoms. The van der Waals surface area contributed by atoms with Crippen LogP contribution in [0.2, 0.25) is 0 Å². The minimum atomic E-state index is 0.539. The second-order valence-electron chi connectivity index (χ2n) is 3.63. The molecule has 2 heteroatoms. The van der Waals surface area contributed by atoms with E-state index < -0.39 is 0 Å². The smallest absolute Gasteiger partial charge is 0.0964 e. The molecule has 0 N–H and O–H groups in total. The van der Waals surface area contributed by atoms with Crippen molar-refractivity contribution in [2.75, 3.05) is 0 Å². The normalized spacial score (nSPS) is 9.41. The van der Waals surface area contributed by atoms with Crippen LogP contribution in [0.3, 0.4) is 0 Å². The van der Waals surface area contributed by atoms with Gasteiger partial charge in [-0.3, -0.25) is 0 Å². The quantitative estimate of drug-likeness (QED) is 0.626. The monoisotopic (exact) mass is 251 g/mol. The third kappa shape index (κ3) is 4.12. The van der Waals surface area contributed by atoms with Crippen molar-refractivity contribution in [1.82, 2.24) is 4.98 Å². The van der Waals surface area contributed by atoms with Gasteiger partial charge < -0.3 is 0 Å². The van der Waals surface area contributed by atoms with Gasteiger partial charge in [-0.15, -0.1) is 11.3 Å². The largest absolute Gasteiger partial charge is 0.241 e. The molecule has 0 radical (unpaired) electrons. The minimum absolute atomic E-state index is 0.539. The highest BCUT2D eigenvalue weighted by molar-refractivity contribution is 7.18. The van der Waals surface area contributed by atoms with E-state index in [0.717, 1.165) is 5.52 Å². The Labute approximate surface area is 110 Å². The van der Waals surface area contributed by atoms with Gasteiger partial charge in [0.1, 0.15) is 0 Å². The van der Waals surface area contributed by atoms with Crippen molar-refractivity contribution in [3.05, 3.63) is 28.8 Å². The highest BCUT2D eigenvalue weighted by atomic mass is 32.1. The molecule has 17 heavy (non-hydrogen) atoms. The second-order valence-corrected chi connectivity index (χ2v) is 4.66. The molecule has 0 amide bonds. The second kappa shape index (κ2) is 8.24. The van der Waals surface area contributed by atoms with Crippen LogP contribution in [0.5, 0.6) is 0 Å². The van der Waals surface area contributed by atoms with Crippen molar-refractivity contribution in [2.24, 2.45) is 0 Å². The Morgan fingerprint density at radius 2 is 1.65 bits per heavy atom. The summed E-state index contributed by atoms with van der Waals surface area (Å²) in [5.41, 5.74) is 2.48. The third-order valence-electron chi connectivity index (χ3n) is 2.12. The molecule has 1 heterocycles. The van der Waals surface area contributed by atoms with Crippen LogP contribution >= 0.6 is 11.3 Å². The lowest BCUT2D eigenvalue weighted by atomic mass is 10.2. The van der Waals surface area contributed by atoms with Gasteiger partial charge in [-0.05, 0) is 18.6 Å². The molecule has 1 nitrogen and oxygen atoms in total. The fourth-order valence-electron chi connectivity index (χ4n) is 1.35. The molecule has 0 aliphatic heterocycles. The lowest BCUT2D eigenvalue weighted by molar-refractivity contribution is 0.857. The highest BCUT2D eigenvalue weighted by Gasteiger charge is 2.07. The Balaban J connectivity index is 0.000000581. The molecule has 0 aliphatic carbocycles. The maximum atomic E-state index is 4.59. The summed E-state index contributed by atoms with van der Waals surface area (Å²) in [5.74, 6) is 0.539. The van der Waals surface area contributed by atoms with Gasteiger partial charge in [-0.1, -0.05) is 53.7 Å². The van der Waals surface area contributed by atoms with E-state index in [-0.39, 0.29) is 0 Å². The summed E-state index contributed by atoms with van der Waals surface area (Å²) < 4.78 is 1.34. The van der Waals surface area contributed by atoms with Crippen molar-refractivity contribution in [2.45, 2.75) is 54.4 Å². The predicted octanol–water partition coefficient (Wildman–Crippen LogP) is 5.78. The molecule has 0 fully saturated rings. The molecule has 0 saturated heterocycles. The molecule has 1 aromatic carbocycles. The van der Waals surface area contributed by atoms with Crippen molar-refractivity contribution < 1.29 is 0 Å². The Morgan fingerprint density at radius 1 is 1.06 bits per heavy atom. The molecule has 0 atom stereocenters. The van der Waals surface area contributed by atoms with Crippen LogP contribution in [0, 0.1) is 6.92 Å². The van der Waals surface area contributed by atoms with Gasteiger partial charge in [-0.25, -0.2) is 4.98 Å².